The van der Waals surface area contributed by atoms with E-state index >= 15 is 0 Å². The molecule has 0 heterocycles. The number of hydrogen-bond donors (Lipinski definition) is 0. The third-order valence-corrected chi connectivity index (χ3v) is 9.25. The Morgan fingerprint density at radius 3 is 1.40 bits per heavy atom. The molecule has 0 bridgehead atoms. The van der Waals surface area contributed by atoms with E-state index in [1.807, 2.05) is 60.7 Å². The smallest absolute Gasteiger partial charge is 0.331 e. The summed E-state index contributed by atoms with van der Waals surface area (Å²) in [4.78, 5) is 23.0. The van der Waals surface area contributed by atoms with Crippen LogP contribution in [0, 0.1) is 0 Å². The van der Waals surface area contributed by atoms with Crippen molar-refractivity contribution in [1.29, 1.82) is 0 Å². The molecule has 0 saturated carbocycles. The monoisotopic (exact) mass is 586 g/mol. The first-order chi connectivity index (χ1) is 17.2. The van der Waals surface area contributed by atoms with Crippen LogP contribution in [0.25, 0.3) is 0 Å². The van der Waals surface area contributed by atoms with E-state index in [0.29, 0.717) is 0 Å². The summed E-state index contributed by atoms with van der Waals surface area (Å²) in [7, 11) is 0. The molecule has 0 saturated heterocycles. The SMILES string of the molecule is CCCCC[CH2][Sn][CH2]CCCCC.O=C(/C=C\C(=O)OCc1ccccc1)OCc1ccccc1. The quantitative estimate of drug-likeness (QED) is 0.0877. The second-order valence-corrected chi connectivity index (χ2v) is 12.7. The zero-order chi connectivity index (χ0) is 25.4. The molecule has 190 valence electrons. The van der Waals surface area contributed by atoms with E-state index in [1.54, 1.807) is 21.7 Å². The molecule has 5 heteroatoms. The fourth-order valence-corrected chi connectivity index (χ4v) is 6.74. The van der Waals surface area contributed by atoms with Gasteiger partial charge in [0.25, 0.3) is 0 Å². The van der Waals surface area contributed by atoms with Crippen LogP contribution in [0.2, 0.25) is 8.87 Å². The van der Waals surface area contributed by atoms with Gasteiger partial charge < -0.3 is 9.47 Å². The molecule has 0 atom stereocenters. The summed E-state index contributed by atoms with van der Waals surface area (Å²) in [6, 6.07) is 18.6. The zero-order valence-electron chi connectivity index (χ0n) is 21.5. The van der Waals surface area contributed by atoms with Gasteiger partial charge in [0, 0.05) is 12.2 Å². The van der Waals surface area contributed by atoms with Crippen molar-refractivity contribution in [2.75, 3.05) is 0 Å². The van der Waals surface area contributed by atoms with E-state index < -0.39 is 11.9 Å². The Morgan fingerprint density at radius 2 is 1.03 bits per heavy atom. The van der Waals surface area contributed by atoms with Crippen molar-refractivity contribution >= 4 is 33.1 Å². The maximum atomic E-state index is 11.5. The Labute approximate surface area is 222 Å². The summed E-state index contributed by atoms with van der Waals surface area (Å²) < 4.78 is 13.3. The van der Waals surface area contributed by atoms with Crippen molar-refractivity contribution in [3.05, 3.63) is 83.9 Å². The average molecular weight is 585 g/mol. The number of esters is 2. The number of unbranched alkanes of at least 4 members (excludes halogenated alkanes) is 6. The Morgan fingerprint density at radius 1 is 0.629 bits per heavy atom. The first-order valence-corrected chi connectivity index (χ1v) is 17.0. The van der Waals surface area contributed by atoms with Gasteiger partial charge in [-0.3, -0.25) is 0 Å². The number of hydrogen-bond acceptors (Lipinski definition) is 4. The van der Waals surface area contributed by atoms with Crippen molar-refractivity contribution in [2.24, 2.45) is 0 Å². The molecular formula is C30H42O4Sn. The molecule has 2 aromatic rings. The maximum Gasteiger partial charge on any atom is 0.331 e. The maximum absolute atomic E-state index is 11.5. The van der Waals surface area contributed by atoms with Crippen LogP contribution in [0.3, 0.4) is 0 Å². The molecule has 0 aliphatic carbocycles. The second kappa shape index (κ2) is 22.4. The standard InChI is InChI=1S/C18H16O4.2C6H13.Sn/c19-17(21-13-15-7-3-1-4-8-15)11-12-18(20)22-14-16-9-5-2-6-10-16;2*1-3-5-6-4-2;/h1-12H,13-14H2;2*1,3-6H2,2H3;/b12-11-;;;. The summed E-state index contributed by atoms with van der Waals surface area (Å²) >= 11 is 0.104. The minimum atomic E-state index is -0.583. The second-order valence-electron chi connectivity index (χ2n) is 8.39. The molecule has 0 spiro atoms. The van der Waals surface area contributed by atoms with Crippen molar-refractivity contribution < 1.29 is 19.1 Å². The molecule has 0 aliphatic rings. The molecule has 0 aliphatic heterocycles. The number of rotatable bonds is 16. The van der Waals surface area contributed by atoms with Gasteiger partial charge in [0.1, 0.15) is 13.2 Å². The van der Waals surface area contributed by atoms with Crippen LogP contribution in [-0.2, 0) is 32.3 Å². The molecule has 2 radical (unpaired) electrons. The molecule has 0 unspecified atom stereocenters. The van der Waals surface area contributed by atoms with Crippen LogP contribution in [0.4, 0.5) is 0 Å². The minimum absolute atomic E-state index is 0.104. The normalized spacial score (nSPS) is 10.5. The van der Waals surface area contributed by atoms with Crippen molar-refractivity contribution in [3.8, 4) is 0 Å². The Kier molecular flexibility index (Phi) is 19.8. The van der Waals surface area contributed by atoms with E-state index in [2.05, 4.69) is 13.8 Å². The van der Waals surface area contributed by atoms with Crippen LogP contribution < -0.4 is 0 Å². The molecule has 0 fully saturated rings. The number of carbonyl (C=O) groups is 2. The molecule has 2 aromatic carbocycles. The molecule has 0 amide bonds. The van der Waals surface area contributed by atoms with Crippen LogP contribution in [0.15, 0.2) is 72.8 Å². The van der Waals surface area contributed by atoms with Gasteiger partial charge in [-0.25, -0.2) is 9.59 Å². The van der Waals surface area contributed by atoms with Crippen molar-refractivity contribution in [2.45, 2.75) is 87.3 Å². The fraction of sp³-hybridized carbons (Fsp3) is 0.467. The van der Waals surface area contributed by atoms with Gasteiger partial charge in [0.05, 0.1) is 0 Å². The molecule has 4 nitrogen and oxygen atoms in total. The summed E-state index contributed by atoms with van der Waals surface area (Å²) in [5.74, 6) is -1.17. The minimum Gasteiger partial charge on any atom is -0.458 e. The van der Waals surface area contributed by atoms with Gasteiger partial charge in [0.2, 0.25) is 0 Å². The van der Waals surface area contributed by atoms with Gasteiger partial charge in [-0.15, -0.1) is 0 Å². The first-order valence-electron chi connectivity index (χ1n) is 13.0. The summed E-state index contributed by atoms with van der Waals surface area (Å²) in [5.41, 5.74) is 1.77. The van der Waals surface area contributed by atoms with Crippen LogP contribution in [0.5, 0.6) is 0 Å². The summed E-state index contributed by atoms with van der Waals surface area (Å²) in [6.07, 6.45) is 14.0. The Bertz CT molecular complexity index is 738. The largest absolute Gasteiger partial charge is 0.458 e. The molecule has 0 aromatic heterocycles. The number of ether oxygens (including phenoxy) is 2. The van der Waals surface area contributed by atoms with E-state index in [1.165, 1.54) is 38.5 Å². The topological polar surface area (TPSA) is 52.6 Å². The number of carbonyl (C=O) groups excluding carboxylic acids is 2. The van der Waals surface area contributed by atoms with Gasteiger partial charge in [0.15, 0.2) is 0 Å². The van der Waals surface area contributed by atoms with Gasteiger partial charge >= 0.3 is 107 Å². The van der Waals surface area contributed by atoms with Gasteiger partial charge in [-0.05, 0) is 11.1 Å². The molecular weight excluding hydrogens is 543 g/mol. The summed E-state index contributed by atoms with van der Waals surface area (Å²) in [6.45, 7) is 4.93. The van der Waals surface area contributed by atoms with Gasteiger partial charge in [-0.2, -0.15) is 0 Å². The third-order valence-electron chi connectivity index (χ3n) is 5.22. The molecule has 35 heavy (non-hydrogen) atoms. The van der Waals surface area contributed by atoms with Crippen LogP contribution in [0.1, 0.15) is 76.3 Å². The molecule has 2 rings (SSSR count). The Hall–Kier alpha value is -2.08. The predicted octanol–water partition coefficient (Wildman–Crippen LogP) is 7.72. The van der Waals surface area contributed by atoms with Crippen LogP contribution >= 0.6 is 0 Å². The number of benzene rings is 2. The van der Waals surface area contributed by atoms with E-state index in [9.17, 15) is 9.59 Å². The van der Waals surface area contributed by atoms with E-state index in [4.69, 9.17) is 9.47 Å². The first kappa shape index (κ1) is 30.9. The van der Waals surface area contributed by atoms with Crippen molar-refractivity contribution in [1.82, 2.24) is 0 Å². The van der Waals surface area contributed by atoms with E-state index in [0.717, 1.165) is 23.3 Å². The van der Waals surface area contributed by atoms with Gasteiger partial charge in [-0.1, -0.05) is 60.7 Å². The van der Waals surface area contributed by atoms with Crippen LogP contribution in [-0.4, -0.2) is 33.1 Å². The molecule has 0 N–H and O–H groups in total. The van der Waals surface area contributed by atoms with E-state index in [-0.39, 0.29) is 34.4 Å². The zero-order valence-corrected chi connectivity index (χ0v) is 24.4. The van der Waals surface area contributed by atoms with Crippen molar-refractivity contribution in [3.63, 3.8) is 0 Å². The predicted molar refractivity (Wildman–Crippen MR) is 145 cm³/mol. The Balaban J connectivity index is 0.000000405. The average Bonchev–Trinajstić information content (AvgIpc) is 2.90. The summed E-state index contributed by atoms with van der Waals surface area (Å²) in [5, 5.41) is 0. The third kappa shape index (κ3) is 18.9. The fourth-order valence-electron chi connectivity index (χ4n) is 3.17.